The number of carbonyl (C=O) groups is 2. The SMILES string of the molecule is Cc1ccc(C(=O)NC(C)(C)C(C)(C)C(=O)O)cc1C. The van der Waals surface area contributed by atoms with E-state index in [2.05, 4.69) is 5.32 Å². The van der Waals surface area contributed by atoms with E-state index in [4.69, 9.17) is 0 Å². The lowest BCUT2D eigenvalue weighted by Crippen LogP contribution is -2.56. The molecule has 0 aliphatic rings. The Hall–Kier alpha value is -1.84. The number of nitrogens with one attached hydrogen (secondary N) is 1. The highest BCUT2D eigenvalue weighted by atomic mass is 16.4. The van der Waals surface area contributed by atoms with Gasteiger partial charge in [0.2, 0.25) is 0 Å². The summed E-state index contributed by atoms with van der Waals surface area (Å²) in [6.45, 7) is 10.6. The highest BCUT2D eigenvalue weighted by Gasteiger charge is 2.44. The summed E-state index contributed by atoms with van der Waals surface area (Å²) in [5, 5.41) is 12.1. The van der Waals surface area contributed by atoms with Crippen LogP contribution in [0.3, 0.4) is 0 Å². The zero-order valence-electron chi connectivity index (χ0n) is 13.0. The minimum atomic E-state index is -1.07. The summed E-state index contributed by atoms with van der Waals surface area (Å²) in [4.78, 5) is 23.6. The van der Waals surface area contributed by atoms with Crippen molar-refractivity contribution in [1.82, 2.24) is 5.32 Å². The van der Waals surface area contributed by atoms with Gasteiger partial charge in [0.15, 0.2) is 0 Å². The predicted molar refractivity (Wildman–Crippen MR) is 78.9 cm³/mol. The third kappa shape index (κ3) is 3.00. The van der Waals surface area contributed by atoms with Gasteiger partial charge < -0.3 is 10.4 Å². The van der Waals surface area contributed by atoms with Gasteiger partial charge in [-0.2, -0.15) is 0 Å². The lowest BCUT2D eigenvalue weighted by Gasteiger charge is -2.38. The van der Waals surface area contributed by atoms with Crippen LogP contribution in [0, 0.1) is 19.3 Å². The molecule has 4 nitrogen and oxygen atoms in total. The molecule has 0 bridgehead atoms. The number of aryl methyl sites for hydroxylation is 2. The number of carbonyl (C=O) groups excluding carboxylic acids is 1. The van der Waals surface area contributed by atoms with Crippen molar-refractivity contribution in [2.75, 3.05) is 0 Å². The fourth-order valence-electron chi connectivity index (χ4n) is 1.66. The molecule has 1 amide bonds. The van der Waals surface area contributed by atoms with Gasteiger partial charge in [-0.05, 0) is 64.8 Å². The first-order chi connectivity index (χ1) is 8.99. The second kappa shape index (κ2) is 5.27. The first-order valence-corrected chi connectivity index (χ1v) is 6.62. The molecular weight excluding hydrogens is 254 g/mol. The lowest BCUT2D eigenvalue weighted by atomic mass is 9.74. The Bertz CT molecular complexity index is 545. The summed E-state index contributed by atoms with van der Waals surface area (Å²) in [5.74, 6) is -1.20. The zero-order chi connectivity index (χ0) is 15.7. The first kappa shape index (κ1) is 16.2. The van der Waals surface area contributed by atoms with Crippen LogP contribution in [0.2, 0.25) is 0 Å². The Morgan fingerprint density at radius 1 is 1.05 bits per heavy atom. The summed E-state index contributed by atoms with van der Waals surface area (Å²) in [6, 6.07) is 5.45. The van der Waals surface area contributed by atoms with Crippen molar-refractivity contribution in [3.05, 3.63) is 34.9 Å². The number of hydrogen-bond acceptors (Lipinski definition) is 2. The standard InChI is InChI=1S/C16H23NO3/c1-10-7-8-12(9-11(10)2)13(18)17-16(5,6)15(3,4)14(19)20/h7-9H,1-6H3,(H,17,18)(H,19,20). The van der Waals surface area contributed by atoms with Crippen LogP contribution < -0.4 is 5.32 Å². The third-order valence-electron chi connectivity index (χ3n) is 4.29. The molecule has 0 aliphatic carbocycles. The second-order valence-corrected chi connectivity index (χ2v) is 6.31. The largest absolute Gasteiger partial charge is 0.481 e. The van der Waals surface area contributed by atoms with Gasteiger partial charge in [0.25, 0.3) is 5.91 Å². The molecule has 4 heteroatoms. The van der Waals surface area contributed by atoms with E-state index in [-0.39, 0.29) is 5.91 Å². The molecule has 20 heavy (non-hydrogen) atoms. The van der Waals surface area contributed by atoms with Crippen LogP contribution in [0.4, 0.5) is 0 Å². The van der Waals surface area contributed by atoms with E-state index in [1.165, 1.54) is 0 Å². The van der Waals surface area contributed by atoms with Gasteiger partial charge in [0.05, 0.1) is 11.0 Å². The molecule has 0 saturated heterocycles. The molecule has 1 rings (SSSR count). The molecule has 0 aliphatic heterocycles. The molecule has 1 aromatic rings. The Kier molecular flexibility index (Phi) is 4.27. The minimum Gasteiger partial charge on any atom is -0.481 e. The summed E-state index contributed by atoms with van der Waals surface area (Å²) < 4.78 is 0. The fourth-order valence-corrected chi connectivity index (χ4v) is 1.66. The highest BCUT2D eigenvalue weighted by molar-refractivity contribution is 5.95. The highest BCUT2D eigenvalue weighted by Crippen LogP contribution is 2.31. The molecular formula is C16H23NO3. The molecule has 0 unspecified atom stereocenters. The second-order valence-electron chi connectivity index (χ2n) is 6.31. The maximum Gasteiger partial charge on any atom is 0.311 e. The van der Waals surface area contributed by atoms with Gasteiger partial charge in [-0.1, -0.05) is 6.07 Å². The number of hydrogen-bond donors (Lipinski definition) is 2. The molecule has 0 heterocycles. The van der Waals surface area contributed by atoms with Crippen molar-refractivity contribution in [3.63, 3.8) is 0 Å². The lowest BCUT2D eigenvalue weighted by molar-refractivity contribution is -0.150. The smallest absolute Gasteiger partial charge is 0.311 e. The average molecular weight is 277 g/mol. The summed E-state index contributed by atoms with van der Waals surface area (Å²) >= 11 is 0. The quantitative estimate of drug-likeness (QED) is 0.889. The van der Waals surface area contributed by atoms with Gasteiger partial charge in [-0.3, -0.25) is 9.59 Å². The molecule has 1 aromatic carbocycles. The van der Waals surface area contributed by atoms with Crippen molar-refractivity contribution >= 4 is 11.9 Å². The predicted octanol–water partition coefficient (Wildman–Crippen LogP) is 2.92. The molecule has 110 valence electrons. The fraction of sp³-hybridized carbons (Fsp3) is 0.500. The molecule has 0 aromatic heterocycles. The molecule has 0 fully saturated rings. The number of rotatable bonds is 4. The van der Waals surface area contributed by atoms with Gasteiger partial charge in [-0.25, -0.2) is 0 Å². The average Bonchev–Trinajstić information content (AvgIpc) is 2.31. The summed E-state index contributed by atoms with van der Waals surface area (Å²) in [6.07, 6.45) is 0. The number of carboxylic acids is 1. The van der Waals surface area contributed by atoms with E-state index in [1.807, 2.05) is 26.0 Å². The maximum atomic E-state index is 12.3. The van der Waals surface area contributed by atoms with E-state index in [9.17, 15) is 14.7 Å². The Morgan fingerprint density at radius 2 is 1.60 bits per heavy atom. The van der Waals surface area contributed by atoms with E-state index in [1.54, 1.807) is 33.8 Å². The number of benzene rings is 1. The van der Waals surface area contributed by atoms with Crippen LogP contribution in [0.15, 0.2) is 18.2 Å². The number of amides is 1. The van der Waals surface area contributed by atoms with Crippen LogP contribution in [-0.4, -0.2) is 22.5 Å². The Labute approximate surface area is 120 Å². The van der Waals surface area contributed by atoms with Crippen LogP contribution in [0.25, 0.3) is 0 Å². The van der Waals surface area contributed by atoms with Gasteiger partial charge in [0, 0.05) is 5.56 Å². The van der Waals surface area contributed by atoms with Gasteiger partial charge in [-0.15, -0.1) is 0 Å². The van der Waals surface area contributed by atoms with E-state index < -0.39 is 16.9 Å². The van der Waals surface area contributed by atoms with Crippen molar-refractivity contribution < 1.29 is 14.7 Å². The van der Waals surface area contributed by atoms with E-state index in [0.29, 0.717) is 5.56 Å². The van der Waals surface area contributed by atoms with Crippen LogP contribution in [0.1, 0.15) is 49.2 Å². The minimum absolute atomic E-state index is 0.257. The van der Waals surface area contributed by atoms with E-state index >= 15 is 0 Å². The molecule has 0 radical (unpaired) electrons. The molecule has 0 saturated carbocycles. The van der Waals surface area contributed by atoms with Gasteiger partial charge >= 0.3 is 5.97 Å². The van der Waals surface area contributed by atoms with E-state index in [0.717, 1.165) is 11.1 Å². The van der Waals surface area contributed by atoms with Crippen molar-refractivity contribution in [2.45, 2.75) is 47.1 Å². The van der Waals surface area contributed by atoms with Crippen LogP contribution in [0.5, 0.6) is 0 Å². The molecule has 2 N–H and O–H groups in total. The zero-order valence-corrected chi connectivity index (χ0v) is 13.0. The summed E-state index contributed by atoms with van der Waals surface area (Å²) in [5.41, 5.74) is 0.763. The normalized spacial score (nSPS) is 12.1. The topological polar surface area (TPSA) is 66.4 Å². The number of aliphatic carboxylic acids is 1. The number of carboxylic acid groups (broad SMARTS) is 1. The molecule has 0 atom stereocenters. The Balaban J connectivity index is 3.00. The molecule has 0 spiro atoms. The first-order valence-electron chi connectivity index (χ1n) is 6.62. The van der Waals surface area contributed by atoms with Crippen molar-refractivity contribution in [2.24, 2.45) is 5.41 Å². The van der Waals surface area contributed by atoms with Crippen molar-refractivity contribution in [1.29, 1.82) is 0 Å². The third-order valence-corrected chi connectivity index (χ3v) is 4.29. The Morgan fingerprint density at radius 3 is 2.05 bits per heavy atom. The maximum absolute atomic E-state index is 12.3. The van der Waals surface area contributed by atoms with Crippen LogP contribution >= 0.6 is 0 Å². The van der Waals surface area contributed by atoms with Crippen molar-refractivity contribution in [3.8, 4) is 0 Å². The van der Waals surface area contributed by atoms with Crippen LogP contribution in [-0.2, 0) is 4.79 Å². The van der Waals surface area contributed by atoms with Gasteiger partial charge in [0.1, 0.15) is 0 Å². The summed E-state index contributed by atoms with van der Waals surface area (Å²) in [7, 11) is 0. The monoisotopic (exact) mass is 277 g/mol.